The van der Waals surface area contributed by atoms with Gasteiger partial charge in [0.25, 0.3) is 5.91 Å². The number of aromatic nitrogens is 1. The molecule has 0 saturated heterocycles. The molecule has 1 aromatic heterocycles. The lowest BCUT2D eigenvalue weighted by molar-refractivity contribution is -0.117. The van der Waals surface area contributed by atoms with E-state index in [-0.39, 0.29) is 18.9 Å². The molecule has 0 aliphatic heterocycles. The Bertz CT molecular complexity index is 387. The molecule has 5 nitrogen and oxygen atoms in total. The predicted molar refractivity (Wildman–Crippen MR) is 57.7 cm³/mol. The number of thiazole rings is 1. The van der Waals surface area contributed by atoms with Crippen molar-refractivity contribution in [3.05, 3.63) is 15.6 Å². The molecule has 1 aromatic rings. The van der Waals surface area contributed by atoms with E-state index in [1.165, 1.54) is 11.3 Å². The number of hydrogen-bond donors (Lipinski definition) is 2. The zero-order valence-electron chi connectivity index (χ0n) is 8.66. The highest BCUT2D eigenvalue weighted by Crippen LogP contribution is 2.15. The smallest absolute Gasteiger partial charge is 0.271 e. The van der Waals surface area contributed by atoms with E-state index >= 15 is 0 Å². The van der Waals surface area contributed by atoms with Crippen LogP contribution in [-0.2, 0) is 4.79 Å². The van der Waals surface area contributed by atoms with Gasteiger partial charge in [0, 0.05) is 17.8 Å². The van der Waals surface area contributed by atoms with Crippen molar-refractivity contribution in [1.29, 1.82) is 0 Å². The van der Waals surface area contributed by atoms with Crippen LogP contribution in [0.4, 0.5) is 0 Å². The molecule has 2 amide bonds. The monoisotopic (exact) mass is 227 g/mol. The molecule has 1 rings (SSSR count). The van der Waals surface area contributed by atoms with E-state index in [4.69, 9.17) is 5.73 Å². The van der Waals surface area contributed by atoms with Crippen molar-refractivity contribution in [1.82, 2.24) is 10.3 Å². The number of nitrogens with two attached hydrogens (primary N) is 1. The van der Waals surface area contributed by atoms with Crippen LogP contribution in [0.15, 0.2) is 0 Å². The number of nitrogens with zero attached hydrogens (tertiary/aromatic N) is 1. The maximum atomic E-state index is 11.5. The van der Waals surface area contributed by atoms with E-state index in [1.807, 2.05) is 13.8 Å². The van der Waals surface area contributed by atoms with Gasteiger partial charge >= 0.3 is 0 Å². The normalized spacial score (nSPS) is 10.0. The Kier molecular flexibility index (Phi) is 3.79. The highest BCUT2D eigenvalue weighted by Gasteiger charge is 2.13. The molecule has 15 heavy (non-hydrogen) atoms. The largest absolute Gasteiger partial charge is 0.370 e. The van der Waals surface area contributed by atoms with Crippen LogP contribution in [0.1, 0.15) is 26.8 Å². The van der Waals surface area contributed by atoms with Crippen LogP contribution in [0.5, 0.6) is 0 Å². The van der Waals surface area contributed by atoms with Gasteiger partial charge in [-0.1, -0.05) is 0 Å². The average molecular weight is 227 g/mol. The fraction of sp³-hybridized carbons (Fsp3) is 0.444. The number of nitrogens with one attached hydrogen (secondary N) is 1. The topological polar surface area (TPSA) is 85.1 Å². The molecule has 0 bridgehead atoms. The number of amides is 2. The predicted octanol–water partition coefficient (Wildman–Crippen LogP) is 0.365. The Morgan fingerprint density at radius 1 is 1.47 bits per heavy atom. The van der Waals surface area contributed by atoms with Gasteiger partial charge in [0.05, 0.1) is 5.01 Å². The van der Waals surface area contributed by atoms with Crippen LogP contribution in [0, 0.1) is 13.8 Å². The zero-order valence-corrected chi connectivity index (χ0v) is 9.48. The van der Waals surface area contributed by atoms with Crippen LogP contribution >= 0.6 is 11.3 Å². The molecule has 0 radical (unpaired) electrons. The summed E-state index contributed by atoms with van der Waals surface area (Å²) >= 11 is 1.47. The van der Waals surface area contributed by atoms with Crippen LogP contribution in [-0.4, -0.2) is 23.3 Å². The van der Waals surface area contributed by atoms with Crippen LogP contribution in [0.3, 0.4) is 0 Å². The van der Waals surface area contributed by atoms with Crippen molar-refractivity contribution >= 4 is 23.2 Å². The lowest BCUT2D eigenvalue weighted by Crippen LogP contribution is -2.28. The summed E-state index contributed by atoms with van der Waals surface area (Å²) in [5, 5.41) is 3.44. The highest BCUT2D eigenvalue weighted by molar-refractivity contribution is 7.11. The molecule has 0 aromatic carbocycles. The first kappa shape index (κ1) is 11.6. The van der Waals surface area contributed by atoms with Gasteiger partial charge in [-0.15, -0.1) is 11.3 Å². The van der Waals surface area contributed by atoms with Crippen LogP contribution in [0.25, 0.3) is 0 Å². The van der Waals surface area contributed by atoms with Crippen molar-refractivity contribution in [3.63, 3.8) is 0 Å². The van der Waals surface area contributed by atoms with Crippen molar-refractivity contribution in [2.75, 3.05) is 6.54 Å². The Morgan fingerprint density at radius 2 is 2.13 bits per heavy atom. The summed E-state index contributed by atoms with van der Waals surface area (Å²) in [6.07, 6.45) is 0.147. The summed E-state index contributed by atoms with van der Waals surface area (Å²) < 4.78 is 0. The third-order valence-corrected chi connectivity index (χ3v) is 2.66. The summed E-state index contributed by atoms with van der Waals surface area (Å²) in [6, 6.07) is 0. The lowest BCUT2D eigenvalue weighted by atomic mass is 10.3. The Balaban J connectivity index is 2.54. The second-order valence-corrected chi connectivity index (χ2v) is 4.52. The van der Waals surface area contributed by atoms with Gasteiger partial charge in [0.2, 0.25) is 5.91 Å². The first-order valence-electron chi connectivity index (χ1n) is 4.51. The number of carbonyl (C=O) groups excluding carboxylic acids is 2. The third kappa shape index (κ3) is 3.32. The quantitative estimate of drug-likeness (QED) is 0.779. The lowest BCUT2D eigenvalue weighted by Gasteiger charge is -2.01. The number of rotatable bonds is 4. The van der Waals surface area contributed by atoms with Crippen molar-refractivity contribution < 1.29 is 9.59 Å². The summed E-state index contributed by atoms with van der Waals surface area (Å²) in [5.41, 5.74) is 5.38. The minimum absolute atomic E-state index is 0.147. The molecule has 6 heteroatoms. The summed E-state index contributed by atoms with van der Waals surface area (Å²) in [5.74, 6) is -0.681. The molecule has 0 fully saturated rings. The minimum Gasteiger partial charge on any atom is -0.370 e. The van der Waals surface area contributed by atoms with E-state index in [0.29, 0.717) is 5.69 Å². The maximum absolute atomic E-state index is 11.5. The van der Waals surface area contributed by atoms with Crippen LogP contribution in [0.2, 0.25) is 0 Å². The van der Waals surface area contributed by atoms with Gasteiger partial charge < -0.3 is 11.1 Å². The number of carbonyl (C=O) groups is 2. The standard InChI is InChI=1S/C9H13N3O2S/c1-5-8(12-6(2)15-5)9(14)11-4-3-7(10)13/h3-4H2,1-2H3,(H2,10,13)(H,11,14). The van der Waals surface area contributed by atoms with Crippen LogP contribution < -0.4 is 11.1 Å². The number of primary amides is 1. The first-order chi connectivity index (χ1) is 7.00. The summed E-state index contributed by atoms with van der Waals surface area (Å²) in [6.45, 7) is 3.94. The molecule has 82 valence electrons. The van der Waals surface area contributed by atoms with E-state index < -0.39 is 5.91 Å². The molecule has 0 spiro atoms. The summed E-state index contributed by atoms with van der Waals surface area (Å²) in [4.78, 5) is 27.0. The van der Waals surface area contributed by atoms with Gasteiger partial charge in [-0.05, 0) is 13.8 Å². The zero-order chi connectivity index (χ0) is 11.4. The van der Waals surface area contributed by atoms with Gasteiger partial charge in [-0.3, -0.25) is 9.59 Å². The molecule has 0 atom stereocenters. The van der Waals surface area contributed by atoms with Crippen molar-refractivity contribution in [3.8, 4) is 0 Å². The third-order valence-electron chi connectivity index (χ3n) is 1.78. The Hall–Kier alpha value is -1.43. The highest BCUT2D eigenvalue weighted by atomic mass is 32.1. The maximum Gasteiger partial charge on any atom is 0.271 e. The van der Waals surface area contributed by atoms with E-state index in [9.17, 15) is 9.59 Å². The van der Waals surface area contributed by atoms with Crippen molar-refractivity contribution in [2.45, 2.75) is 20.3 Å². The number of aryl methyl sites for hydroxylation is 2. The number of hydrogen-bond acceptors (Lipinski definition) is 4. The minimum atomic E-state index is -0.429. The van der Waals surface area contributed by atoms with Gasteiger partial charge in [-0.2, -0.15) is 0 Å². The molecule has 3 N–H and O–H groups in total. The average Bonchev–Trinajstić information content (AvgIpc) is 2.44. The second-order valence-electron chi connectivity index (χ2n) is 3.11. The van der Waals surface area contributed by atoms with E-state index in [1.54, 1.807) is 0 Å². The molecule has 0 saturated carbocycles. The summed E-state index contributed by atoms with van der Waals surface area (Å²) in [7, 11) is 0. The Labute approximate surface area is 91.7 Å². The molecule has 0 aliphatic rings. The fourth-order valence-corrected chi connectivity index (χ4v) is 1.94. The van der Waals surface area contributed by atoms with E-state index in [0.717, 1.165) is 9.88 Å². The first-order valence-corrected chi connectivity index (χ1v) is 5.33. The van der Waals surface area contributed by atoms with Gasteiger partial charge in [-0.25, -0.2) is 4.98 Å². The molecule has 0 unspecified atom stereocenters. The Morgan fingerprint density at radius 3 is 2.60 bits per heavy atom. The molecule has 1 heterocycles. The van der Waals surface area contributed by atoms with Gasteiger partial charge in [0.1, 0.15) is 5.69 Å². The molecule has 0 aliphatic carbocycles. The molecular formula is C9H13N3O2S. The molecular weight excluding hydrogens is 214 g/mol. The van der Waals surface area contributed by atoms with E-state index in [2.05, 4.69) is 10.3 Å². The van der Waals surface area contributed by atoms with Crippen molar-refractivity contribution in [2.24, 2.45) is 5.73 Å². The second kappa shape index (κ2) is 4.88. The SMILES string of the molecule is Cc1nc(C(=O)NCCC(N)=O)c(C)s1. The van der Waals surface area contributed by atoms with Gasteiger partial charge in [0.15, 0.2) is 0 Å². The fourth-order valence-electron chi connectivity index (χ4n) is 1.12.